The molecule has 4 fully saturated rings. The quantitative estimate of drug-likeness (QED) is 0.857. The Bertz CT molecular complexity index is 782. The highest BCUT2D eigenvalue weighted by molar-refractivity contribution is 5.94. The summed E-state index contributed by atoms with van der Waals surface area (Å²) >= 11 is 0. The second-order valence-electron chi connectivity index (χ2n) is 8.86. The molecule has 2 N–H and O–H groups in total. The van der Waals surface area contributed by atoms with Gasteiger partial charge in [-0.3, -0.25) is 4.79 Å². The highest BCUT2D eigenvalue weighted by Crippen LogP contribution is 2.49. The van der Waals surface area contributed by atoms with Gasteiger partial charge in [0.25, 0.3) is 0 Å². The minimum absolute atomic E-state index is 0.0883. The van der Waals surface area contributed by atoms with Crippen LogP contribution in [0.15, 0.2) is 24.3 Å². The summed E-state index contributed by atoms with van der Waals surface area (Å²) in [4.78, 5) is 29.0. The zero-order valence-corrected chi connectivity index (χ0v) is 15.6. The number of carboxylic acid groups (broad SMARTS) is 1. The van der Waals surface area contributed by atoms with Gasteiger partial charge in [0.2, 0.25) is 0 Å². The van der Waals surface area contributed by atoms with Crippen molar-refractivity contribution < 1.29 is 14.7 Å². The fourth-order valence-corrected chi connectivity index (χ4v) is 6.04. The molecule has 2 aliphatic carbocycles. The smallest absolute Gasteiger partial charge is 0.321 e. The van der Waals surface area contributed by atoms with Gasteiger partial charge in [0.05, 0.1) is 16.8 Å². The number of para-hydroxylation sites is 2. The number of carboxylic acids is 1. The summed E-state index contributed by atoms with van der Waals surface area (Å²) in [5, 5.41) is 12.8. The molecule has 27 heavy (non-hydrogen) atoms. The standard InChI is InChI=1S/C21H27N3O3/c25-19(26)21-9-3-4-15(21)12-23(13-21)20(27)22-17-5-1-2-6-18(17)24-11-14-7-8-16(24)10-14/h1-2,5-6,14-16H,3-4,7-13H2,(H,22,27)(H,25,26)/t14?,15-,16?,21+/m0/s1. The number of piperidine rings is 1. The monoisotopic (exact) mass is 369 g/mol. The van der Waals surface area contributed by atoms with Crippen molar-refractivity contribution in [3.63, 3.8) is 0 Å². The molecule has 6 heteroatoms. The Labute approximate surface area is 159 Å². The van der Waals surface area contributed by atoms with Crippen molar-refractivity contribution in [3.05, 3.63) is 24.3 Å². The summed E-state index contributed by atoms with van der Waals surface area (Å²) in [6, 6.07) is 8.45. The Kier molecular flexibility index (Phi) is 3.85. The van der Waals surface area contributed by atoms with Crippen LogP contribution in [0, 0.1) is 17.3 Å². The normalized spacial score (nSPS) is 34.1. The second kappa shape index (κ2) is 6.14. The van der Waals surface area contributed by atoms with E-state index in [9.17, 15) is 14.7 Å². The Hall–Kier alpha value is -2.24. The molecule has 2 bridgehead atoms. The average molecular weight is 369 g/mol. The molecule has 6 nitrogen and oxygen atoms in total. The Morgan fingerprint density at radius 1 is 1.15 bits per heavy atom. The molecule has 1 aromatic rings. The highest BCUT2D eigenvalue weighted by Gasteiger charge is 2.55. The van der Waals surface area contributed by atoms with Crippen molar-refractivity contribution in [2.45, 2.75) is 44.6 Å². The van der Waals surface area contributed by atoms with Crippen LogP contribution >= 0.6 is 0 Å². The summed E-state index contributed by atoms with van der Waals surface area (Å²) in [7, 11) is 0. The third-order valence-corrected chi connectivity index (χ3v) is 7.45. The molecule has 5 rings (SSSR count). The fourth-order valence-electron chi connectivity index (χ4n) is 6.04. The number of urea groups is 1. The number of aliphatic carboxylic acids is 1. The summed E-state index contributed by atoms with van der Waals surface area (Å²) in [6.45, 7) is 1.95. The number of rotatable bonds is 3. The molecular weight excluding hydrogens is 342 g/mol. The van der Waals surface area contributed by atoms with Crippen molar-refractivity contribution in [1.29, 1.82) is 0 Å². The average Bonchev–Trinajstić information content (AvgIpc) is 3.41. The molecule has 2 saturated carbocycles. The number of hydrogen-bond acceptors (Lipinski definition) is 3. The van der Waals surface area contributed by atoms with E-state index < -0.39 is 11.4 Å². The molecule has 2 aliphatic heterocycles. The van der Waals surface area contributed by atoms with E-state index in [4.69, 9.17) is 0 Å². The molecule has 0 radical (unpaired) electrons. The molecular formula is C21H27N3O3. The van der Waals surface area contributed by atoms with Crippen LogP contribution in [0.5, 0.6) is 0 Å². The van der Waals surface area contributed by atoms with Gasteiger partial charge in [-0.15, -0.1) is 0 Å². The minimum Gasteiger partial charge on any atom is -0.481 e. The van der Waals surface area contributed by atoms with Crippen molar-refractivity contribution in [2.24, 2.45) is 17.3 Å². The van der Waals surface area contributed by atoms with Crippen LogP contribution in [-0.4, -0.2) is 47.7 Å². The van der Waals surface area contributed by atoms with Crippen LogP contribution in [-0.2, 0) is 4.79 Å². The Morgan fingerprint density at radius 2 is 2.00 bits per heavy atom. The lowest BCUT2D eigenvalue weighted by atomic mass is 9.81. The second-order valence-corrected chi connectivity index (χ2v) is 8.86. The van der Waals surface area contributed by atoms with E-state index in [-0.39, 0.29) is 11.9 Å². The molecule has 1 aromatic carbocycles. The van der Waals surface area contributed by atoms with Crippen LogP contribution in [0.4, 0.5) is 16.2 Å². The molecule has 2 unspecified atom stereocenters. The van der Waals surface area contributed by atoms with Crippen LogP contribution in [0.25, 0.3) is 0 Å². The van der Waals surface area contributed by atoms with E-state index in [0.717, 1.165) is 36.7 Å². The van der Waals surface area contributed by atoms with Gasteiger partial charge >= 0.3 is 12.0 Å². The first-order valence-corrected chi connectivity index (χ1v) is 10.2. The predicted molar refractivity (Wildman–Crippen MR) is 103 cm³/mol. The van der Waals surface area contributed by atoms with E-state index >= 15 is 0 Å². The van der Waals surface area contributed by atoms with Gasteiger partial charge < -0.3 is 20.2 Å². The number of benzene rings is 1. The van der Waals surface area contributed by atoms with E-state index in [1.807, 2.05) is 18.2 Å². The first-order chi connectivity index (χ1) is 13.1. The minimum atomic E-state index is -0.742. The maximum Gasteiger partial charge on any atom is 0.321 e. The van der Waals surface area contributed by atoms with Crippen molar-refractivity contribution in [2.75, 3.05) is 29.9 Å². The number of carbonyl (C=O) groups excluding carboxylic acids is 1. The lowest BCUT2D eigenvalue weighted by Crippen LogP contribution is -2.39. The number of likely N-dealkylation sites (tertiary alicyclic amines) is 1. The largest absolute Gasteiger partial charge is 0.481 e. The molecule has 4 atom stereocenters. The van der Waals surface area contributed by atoms with Gasteiger partial charge in [0.1, 0.15) is 0 Å². The third kappa shape index (κ3) is 2.60. The maximum absolute atomic E-state index is 12.9. The number of fused-ring (bicyclic) bond motifs is 3. The predicted octanol–water partition coefficient (Wildman–Crippen LogP) is 3.39. The lowest BCUT2D eigenvalue weighted by Gasteiger charge is -2.31. The molecule has 4 aliphatic rings. The maximum atomic E-state index is 12.9. The van der Waals surface area contributed by atoms with Crippen LogP contribution < -0.4 is 10.2 Å². The highest BCUT2D eigenvalue weighted by atomic mass is 16.4. The van der Waals surface area contributed by atoms with E-state index in [1.54, 1.807) is 4.90 Å². The zero-order chi connectivity index (χ0) is 18.6. The molecule has 0 aromatic heterocycles. The van der Waals surface area contributed by atoms with Crippen LogP contribution in [0.2, 0.25) is 0 Å². The van der Waals surface area contributed by atoms with Crippen LogP contribution in [0.3, 0.4) is 0 Å². The number of carbonyl (C=O) groups is 2. The van der Waals surface area contributed by atoms with Gasteiger partial charge in [-0.25, -0.2) is 4.79 Å². The Balaban J connectivity index is 1.33. The SMILES string of the molecule is O=C(Nc1ccccc1N1CC2CCC1C2)N1C[C@@H]2CCC[C@@]2(C(=O)O)C1. The van der Waals surface area contributed by atoms with Crippen LogP contribution in [0.1, 0.15) is 38.5 Å². The number of nitrogens with one attached hydrogen (secondary N) is 1. The number of anilines is 2. The number of amides is 2. The zero-order valence-electron chi connectivity index (χ0n) is 15.6. The molecule has 144 valence electrons. The third-order valence-electron chi connectivity index (χ3n) is 7.45. The van der Waals surface area contributed by atoms with Gasteiger partial charge in [-0.1, -0.05) is 18.6 Å². The first-order valence-electron chi connectivity index (χ1n) is 10.2. The summed E-state index contributed by atoms with van der Waals surface area (Å²) in [5.41, 5.74) is 1.21. The Morgan fingerprint density at radius 3 is 2.70 bits per heavy atom. The summed E-state index contributed by atoms with van der Waals surface area (Å²) in [6.07, 6.45) is 6.36. The van der Waals surface area contributed by atoms with Gasteiger partial charge in [0, 0.05) is 25.7 Å². The molecule has 0 spiro atoms. The summed E-state index contributed by atoms with van der Waals surface area (Å²) < 4.78 is 0. The first kappa shape index (κ1) is 16.9. The molecule has 2 amide bonds. The van der Waals surface area contributed by atoms with E-state index in [1.165, 1.54) is 19.3 Å². The number of hydrogen-bond donors (Lipinski definition) is 2. The lowest BCUT2D eigenvalue weighted by molar-refractivity contribution is -0.149. The molecule has 2 heterocycles. The fraction of sp³-hybridized carbons (Fsp3) is 0.619. The van der Waals surface area contributed by atoms with Gasteiger partial charge in [0.15, 0.2) is 0 Å². The van der Waals surface area contributed by atoms with E-state index in [2.05, 4.69) is 16.3 Å². The van der Waals surface area contributed by atoms with Crippen molar-refractivity contribution >= 4 is 23.4 Å². The van der Waals surface area contributed by atoms with Crippen molar-refractivity contribution in [1.82, 2.24) is 4.90 Å². The molecule has 2 saturated heterocycles. The summed E-state index contributed by atoms with van der Waals surface area (Å²) in [5.74, 6) is 0.131. The van der Waals surface area contributed by atoms with Gasteiger partial charge in [-0.2, -0.15) is 0 Å². The van der Waals surface area contributed by atoms with Gasteiger partial charge in [-0.05, 0) is 56.1 Å². The number of nitrogens with zero attached hydrogens (tertiary/aromatic N) is 2. The topological polar surface area (TPSA) is 72.9 Å². The van der Waals surface area contributed by atoms with Crippen molar-refractivity contribution in [3.8, 4) is 0 Å². The van der Waals surface area contributed by atoms with E-state index in [0.29, 0.717) is 25.6 Å².